The highest BCUT2D eigenvalue weighted by molar-refractivity contribution is 5.93. The number of pyridine rings is 1. The standard InChI is InChI=1S/C21H21N3O3/c1-3-26-21(25)15(12-22)13-24-18-8-5-11-23-20(18)27-19-10-9-14(2)16-6-4-7-17(16)19/h5,8-11,13,24H,3-4,6-7H2,1-2H3/b15-13-. The molecule has 1 aromatic heterocycles. The molecule has 0 amide bonds. The van der Waals surface area contributed by atoms with Crippen LogP contribution in [-0.2, 0) is 22.4 Å². The van der Waals surface area contributed by atoms with E-state index in [-0.39, 0.29) is 12.2 Å². The third-order valence-electron chi connectivity index (χ3n) is 4.44. The molecule has 3 rings (SSSR count). The van der Waals surface area contributed by atoms with E-state index in [4.69, 9.17) is 14.7 Å². The van der Waals surface area contributed by atoms with Gasteiger partial charge < -0.3 is 14.8 Å². The first-order chi connectivity index (χ1) is 13.1. The van der Waals surface area contributed by atoms with Crippen LogP contribution < -0.4 is 10.1 Å². The van der Waals surface area contributed by atoms with Gasteiger partial charge in [-0.05, 0) is 68.0 Å². The molecular weight excluding hydrogens is 342 g/mol. The summed E-state index contributed by atoms with van der Waals surface area (Å²) >= 11 is 0. The van der Waals surface area contributed by atoms with Gasteiger partial charge in [-0.25, -0.2) is 9.78 Å². The van der Waals surface area contributed by atoms with Crippen molar-refractivity contribution in [1.82, 2.24) is 4.98 Å². The number of ether oxygens (including phenoxy) is 2. The van der Waals surface area contributed by atoms with Crippen molar-refractivity contribution >= 4 is 11.7 Å². The highest BCUT2D eigenvalue weighted by Gasteiger charge is 2.19. The van der Waals surface area contributed by atoms with Crippen LogP contribution in [0.3, 0.4) is 0 Å². The topological polar surface area (TPSA) is 84.2 Å². The summed E-state index contributed by atoms with van der Waals surface area (Å²) in [5.41, 5.74) is 4.30. The maximum absolute atomic E-state index is 11.7. The van der Waals surface area contributed by atoms with E-state index >= 15 is 0 Å². The minimum atomic E-state index is -0.671. The number of nitrogens with one attached hydrogen (secondary N) is 1. The molecule has 0 atom stereocenters. The number of hydrogen-bond donors (Lipinski definition) is 1. The van der Waals surface area contributed by atoms with E-state index in [1.165, 1.54) is 22.9 Å². The van der Waals surface area contributed by atoms with E-state index in [0.717, 1.165) is 25.0 Å². The van der Waals surface area contributed by atoms with Gasteiger partial charge in [0.1, 0.15) is 17.5 Å². The summed E-state index contributed by atoms with van der Waals surface area (Å²) in [5.74, 6) is 0.507. The largest absolute Gasteiger partial charge is 0.462 e. The molecule has 0 radical (unpaired) electrons. The molecule has 0 fully saturated rings. The molecule has 0 spiro atoms. The van der Waals surface area contributed by atoms with Gasteiger partial charge in [0.05, 0.1) is 6.61 Å². The maximum Gasteiger partial charge on any atom is 0.350 e. The number of benzene rings is 1. The Labute approximate surface area is 158 Å². The van der Waals surface area contributed by atoms with Gasteiger partial charge in [-0.15, -0.1) is 0 Å². The summed E-state index contributed by atoms with van der Waals surface area (Å²) in [4.78, 5) is 16.0. The summed E-state index contributed by atoms with van der Waals surface area (Å²) in [6, 6.07) is 9.37. The van der Waals surface area contributed by atoms with Gasteiger partial charge in [0.25, 0.3) is 0 Å². The lowest BCUT2D eigenvalue weighted by molar-refractivity contribution is -0.138. The molecule has 0 unspecified atom stereocenters. The van der Waals surface area contributed by atoms with E-state index in [1.807, 2.05) is 12.1 Å². The van der Waals surface area contributed by atoms with Crippen molar-refractivity contribution in [3.63, 3.8) is 0 Å². The van der Waals surface area contributed by atoms with E-state index in [2.05, 4.69) is 23.3 Å². The molecule has 0 bridgehead atoms. The lowest BCUT2D eigenvalue weighted by atomic mass is 10.0. The first-order valence-electron chi connectivity index (χ1n) is 8.92. The van der Waals surface area contributed by atoms with Crippen molar-refractivity contribution in [2.75, 3.05) is 11.9 Å². The number of aromatic nitrogens is 1. The molecule has 6 heteroatoms. The quantitative estimate of drug-likeness (QED) is 0.473. The third-order valence-corrected chi connectivity index (χ3v) is 4.44. The van der Waals surface area contributed by atoms with Gasteiger partial charge in [-0.1, -0.05) is 6.07 Å². The number of carbonyl (C=O) groups excluding carboxylic acids is 1. The molecule has 1 heterocycles. The lowest BCUT2D eigenvalue weighted by Crippen LogP contribution is -2.08. The van der Waals surface area contributed by atoms with Gasteiger partial charge in [0.2, 0.25) is 5.88 Å². The summed E-state index contributed by atoms with van der Waals surface area (Å²) in [7, 11) is 0. The minimum absolute atomic E-state index is 0.122. The van der Waals surface area contributed by atoms with Gasteiger partial charge in [-0.2, -0.15) is 5.26 Å². The zero-order valence-corrected chi connectivity index (χ0v) is 15.4. The highest BCUT2D eigenvalue weighted by atomic mass is 16.5. The molecule has 1 aliphatic carbocycles. The second kappa shape index (κ2) is 8.37. The molecule has 1 aromatic carbocycles. The Hall–Kier alpha value is -3.33. The molecule has 1 N–H and O–H groups in total. The number of esters is 1. The van der Waals surface area contributed by atoms with Crippen LogP contribution in [0.25, 0.3) is 0 Å². The smallest absolute Gasteiger partial charge is 0.350 e. The van der Waals surface area contributed by atoms with Gasteiger partial charge in [-0.3, -0.25) is 0 Å². The molecule has 138 valence electrons. The van der Waals surface area contributed by atoms with Crippen LogP contribution >= 0.6 is 0 Å². The van der Waals surface area contributed by atoms with E-state index in [1.54, 1.807) is 25.3 Å². The summed E-state index contributed by atoms with van der Waals surface area (Å²) in [6.45, 7) is 4.01. The number of aryl methyl sites for hydroxylation is 1. The molecule has 0 saturated heterocycles. The van der Waals surface area contributed by atoms with Crippen LogP contribution in [0.1, 0.15) is 30.0 Å². The third kappa shape index (κ3) is 4.09. The summed E-state index contributed by atoms with van der Waals surface area (Å²) < 4.78 is 10.9. The highest BCUT2D eigenvalue weighted by Crippen LogP contribution is 2.36. The Morgan fingerprint density at radius 3 is 2.93 bits per heavy atom. The van der Waals surface area contributed by atoms with E-state index in [0.29, 0.717) is 11.6 Å². The number of nitrogens with zero attached hydrogens (tertiary/aromatic N) is 2. The predicted octanol–water partition coefficient (Wildman–Crippen LogP) is 4.05. The van der Waals surface area contributed by atoms with Crippen molar-refractivity contribution in [2.45, 2.75) is 33.1 Å². The average molecular weight is 363 g/mol. The normalized spacial score (nSPS) is 12.9. The second-order valence-electron chi connectivity index (χ2n) is 6.18. The average Bonchev–Trinajstić information content (AvgIpc) is 3.17. The molecule has 0 saturated carbocycles. The number of nitriles is 1. The zero-order chi connectivity index (χ0) is 19.2. The van der Waals surface area contributed by atoms with Crippen LogP contribution in [-0.4, -0.2) is 17.6 Å². The SMILES string of the molecule is CCOC(=O)/C(C#N)=C\Nc1cccnc1Oc1ccc(C)c2c1CCC2. The Morgan fingerprint density at radius 2 is 2.15 bits per heavy atom. The number of fused-ring (bicyclic) bond motifs is 1. The maximum atomic E-state index is 11.7. The lowest BCUT2D eigenvalue weighted by Gasteiger charge is -2.14. The van der Waals surface area contributed by atoms with Crippen molar-refractivity contribution < 1.29 is 14.3 Å². The van der Waals surface area contributed by atoms with Crippen LogP contribution in [0, 0.1) is 18.3 Å². The van der Waals surface area contributed by atoms with Gasteiger partial charge >= 0.3 is 5.97 Å². The summed E-state index contributed by atoms with van der Waals surface area (Å²) in [6.07, 6.45) is 6.12. The van der Waals surface area contributed by atoms with Crippen LogP contribution in [0.2, 0.25) is 0 Å². The summed E-state index contributed by atoms with van der Waals surface area (Å²) in [5, 5.41) is 12.1. The molecule has 6 nitrogen and oxygen atoms in total. The molecule has 0 aliphatic heterocycles. The fraction of sp³-hybridized carbons (Fsp3) is 0.286. The number of carbonyl (C=O) groups is 1. The number of hydrogen-bond acceptors (Lipinski definition) is 6. The second-order valence-corrected chi connectivity index (χ2v) is 6.18. The van der Waals surface area contributed by atoms with Crippen molar-refractivity contribution in [2.24, 2.45) is 0 Å². The molecule has 1 aliphatic rings. The molecule has 27 heavy (non-hydrogen) atoms. The Kier molecular flexibility index (Phi) is 5.72. The fourth-order valence-corrected chi connectivity index (χ4v) is 3.13. The van der Waals surface area contributed by atoms with Crippen LogP contribution in [0.5, 0.6) is 11.6 Å². The Balaban J connectivity index is 1.85. The van der Waals surface area contributed by atoms with E-state index < -0.39 is 5.97 Å². The first kappa shape index (κ1) is 18.5. The van der Waals surface area contributed by atoms with Gasteiger partial charge in [0.15, 0.2) is 5.57 Å². The number of rotatable bonds is 6. The Morgan fingerprint density at radius 1 is 1.33 bits per heavy atom. The fourth-order valence-electron chi connectivity index (χ4n) is 3.13. The van der Waals surface area contributed by atoms with Gasteiger partial charge in [0, 0.05) is 12.4 Å². The molecule has 2 aromatic rings. The molecular formula is C21H21N3O3. The Bertz CT molecular complexity index is 929. The zero-order valence-electron chi connectivity index (χ0n) is 15.4. The van der Waals surface area contributed by atoms with Crippen molar-refractivity contribution in [3.05, 3.63) is 58.9 Å². The van der Waals surface area contributed by atoms with E-state index in [9.17, 15) is 4.79 Å². The van der Waals surface area contributed by atoms with Crippen LogP contribution in [0.15, 0.2) is 42.2 Å². The monoisotopic (exact) mass is 363 g/mol. The number of anilines is 1. The van der Waals surface area contributed by atoms with Crippen molar-refractivity contribution in [1.29, 1.82) is 5.26 Å². The van der Waals surface area contributed by atoms with Crippen molar-refractivity contribution in [3.8, 4) is 17.7 Å². The first-order valence-corrected chi connectivity index (χ1v) is 8.92. The predicted molar refractivity (Wildman–Crippen MR) is 101 cm³/mol. The minimum Gasteiger partial charge on any atom is -0.462 e. The van der Waals surface area contributed by atoms with Crippen LogP contribution in [0.4, 0.5) is 5.69 Å².